The van der Waals surface area contributed by atoms with Crippen molar-refractivity contribution in [3.63, 3.8) is 0 Å². The van der Waals surface area contributed by atoms with E-state index in [0.717, 1.165) is 51.0 Å². The van der Waals surface area contributed by atoms with Gasteiger partial charge in [-0.05, 0) is 12.5 Å². The van der Waals surface area contributed by atoms with Crippen LogP contribution < -0.4 is 14.8 Å². The molecular formula is C17H26ClF3N2O2. The van der Waals surface area contributed by atoms with Gasteiger partial charge in [0.2, 0.25) is 0 Å². The van der Waals surface area contributed by atoms with E-state index in [1.165, 1.54) is 19.2 Å². The predicted molar refractivity (Wildman–Crippen MR) is 93.6 cm³/mol. The van der Waals surface area contributed by atoms with Crippen LogP contribution in [0.4, 0.5) is 13.2 Å². The van der Waals surface area contributed by atoms with Gasteiger partial charge in [0.15, 0.2) is 0 Å². The molecule has 1 saturated heterocycles. The molecule has 1 aliphatic rings. The van der Waals surface area contributed by atoms with Crippen LogP contribution in [0.15, 0.2) is 18.2 Å². The van der Waals surface area contributed by atoms with Crippen molar-refractivity contribution >= 4 is 12.4 Å². The number of methoxy groups -OCH3 is 1. The lowest BCUT2D eigenvalue weighted by molar-refractivity contribution is -0.274. The molecule has 144 valence electrons. The molecule has 1 aliphatic heterocycles. The average Bonchev–Trinajstić information content (AvgIpc) is 2.55. The quantitative estimate of drug-likeness (QED) is 0.768. The molecule has 4 nitrogen and oxygen atoms in total. The Labute approximate surface area is 153 Å². The van der Waals surface area contributed by atoms with Crippen LogP contribution in [0.2, 0.25) is 0 Å². The van der Waals surface area contributed by atoms with E-state index < -0.39 is 6.36 Å². The van der Waals surface area contributed by atoms with Crippen molar-refractivity contribution in [3.05, 3.63) is 23.8 Å². The highest BCUT2D eigenvalue weighted by Gasteiger charge is 2.32. The van der Waals surface area contributed by atoms with E-state index in [9.17, 15) is 13.2 Å². The van der Waals surface area contributed by atoms with E-state index in [2.05, 4.69) is 21.9 Å². The van der Waals surface area contributed by atoms with Crippen molar-refractivity contribution in [3.8, 4) is 11.5 Å². The Kier molecular flexibility index (Phi) is 8.82. The Morgan fingerprint density at radius 3 is 2.48 bits per heavy atom. The Morgan fingerprint density at radius 1 is 1.24 bits per heavy atom. The maximum absolute atomic E-state index is 12.4. The molecule has 0 unspecified atom stereocenters. The highest BCUT2D eigenvalue weighted by atomic mass is 35.5. The maximum atomic E-state index is 12.4. The van der Waals surface area contributed by atoms with E-state index in [1.807, 2.05) is 0 Å². The minimum Gasteiger partial charge on any atom is -0.496 e. The van der Waals surface area contributed by atoms with Gasteiger partial charge >= 0.3 is 6.36 Å². The third-order valence-corrected chi connectivity index (χ3v) is 4.22. The Hall–Kier alpha value is -1.18. The van der Waals surface area contributed by atoms with Gasteiger partial charge in [0.25, 0.3) is 0 Å². The molecule has 1 fully saturated rings. The minimum atomic E-state index is -4.70. The maximum Gasteiger partial charge on any atom is 0.573 e. The first-order valence-corrected chi connectivity index (χ1v) is 8.33. The zero-order chi connectivity index (χ0) is 17.6. The summed E-state index contributed by atoms with van der Waals surface area (Å²) in [6, 6.07) is 4.53. The Bertz CT molecular complexity index is 523. The number of hydrogen-bond donors (Lipinski definition) is 1. The molecule has 0 aliphatic carbocycles. The van der Waals surface area contributed by atoms with Crippen molar-refractivity contribution in [2.75, 3.05) is 33.3 Å². The van der Waals surface area contributed by atoms with Gasteiger partial charge in [0.05, 0.1) is 7.11 Å². The number of nitrogens with zero attached hydrogens (tertiary/aromatic N) is 1. The van der Waals surface area contributed by atoms with Crippen molar-refractivity contribution in [1.82, 2.24) is 10.2 Å². The SMILES string of the molecule is CCCC[C@@H](c1ccc(OC(F)(F)F)cc1OC)N1CCNCC1.Cl. The average molecular weight is 383 g/mol. The van der Waals surface area contributed by atoms with Gasteiger partial charge in [-0.25, -0.2) is 0 Å². The number of nitrogens with one attached hydrogen (secondary N) is 1. The standard InChI is InChI=1S/C17H25F3N2O2.ClH/c1-3-4-5-15(22-10-8-21-9-11-22)14-7-6-13(12-16(14)23-2)24-17(18,19)20;/h6-7,12,15,21H,3-5,8-11H2,1-2H3;1H/t15-;/m0./s1. The molecule has 1 aromatic rings. The third kappa shape index (κ3) is 6.56. The lowest BCUT2D eigenvalue weighted by Gasteiger charge is -2.36. The third-order valence-electron chi connectivity index (χ3n) is 4.22. The summed E-state index contributed by atoms with van der Waals surface area (Å²) in [5.41, 5.74) is 0.919. The number of benzene rings is 1. The van der Waals surface area contributed by atoms with Crippen LogP contribution in [0.3, 0.4) is 0 Å². The summed E-state index contributed by atoms with van der Waals surface area (Å²) in [5.74, 6) is 0.189. The van der Waals surface area contributed by atoms with Crippen LogP contribution in [0.5, 0.6) is 11.5 Å². The van der Waals surface area contributed by atoms with Gasteiger partial charge in [0.1, 0.15) is 11.5 Å². The summed E-state index contributed by atoms with van der Waals surface area (Å²) in [6.07, 6.45) is -1.63. The highest BCUT2D eigenvalue weighted by molar-refractivity contribution is 5.85. The summed E-state index contributed by atoms with van der Waals surface area (Å²) < 4.78 is 46.6. The summed E-state index contributed by atoms with van der Waals surface area (Å²) in [7, 11) is 1.48. The van der Waals surface area contributed by atoms with Crippen molar-refractivity contribution in [1.29, 1.82) is 0 Å². The minimum absolute atomic E-state index is 0. The zero-order valence-electron chi connectivity index (χ0n) is 14.6. The molecule has 1 aromatic carbocycles. The number of unbranched alkanes of at least 4 members (excludes halogenated alkanes) is 1. The second-order valence-corrected chi connectivity index (χ2v) is 5.90. The fourth-order valence-electron chi connectivity index (χ4n) is 3.09. The number of ether oxygens (including phenoxy) is 2. The van der Waals surface area contributed by atoms with Gasteiger partial charge in [-0.15, -0.1) is 25.6 Å². The van der Waals surface area contributed by atoms with Gasteiger partial charge in [-0.1, -0.05) is 25.8 Å². The first-order chi connectivity index (χ1) is 11.4. The van der Waals surface area contributed by atoms with E-state index in [0.29, 0.717) is 5.75 Å². The molecular weight excluding hydrogens is 357 g/mol. The molecule has 0 aromatic heterocycles. The van der Waals surface area contributed by atoms with E-state index in [-0.39, 0.29) is 24.2 Å². The van der Waals surface area contributed by atoms with Crippen LogP contribution in [0, 0.1) is 0 Å². The molecule has 0 radical (unpaired) electrons. The Balaban J connectivity index is 0.00000312. The highest BCUT2D eigenvalue weighted by Crippen LogP contribution is 2.37. The van der Waals surface area contributed by atoms with Crippen molar-refractivity contribution < 1.29 is 22.6 Å². The molecule has 0 bridgehead atoms. The van der Waals surface area contributed by atoms with E-state index in [4.69, 9.17) is 4.74 Å². The summed E-state index contributed by atoms with van der Waals surface area (Å²) in [5, 5.41) is 3.32. The predicted octanol–water partition coefficient (Wildman–Crippen LogP) is 4.15. The Morgan fingerprint density at radius 2 is 1.92 bits per heavy atom. The molecule has 1 atom stereocenters. The van der Waals surface area contributed by atoms with Gasteiger partial charge in [-0.3, -0.25) is 4.90 Å². The second kappa shape index (κ2) is 10.1. The lowest BCUT2D eigenvalue weighted by atomic mass is 9.97. The van der Waals surface area contributed by atoms with Gasteiger partial charge in [-0.2, -0.15) is 0 Å². The number of hydrogen-bond acceptors (Lipinski definition) is 4. The van der Waals surface area contributed by atoms with Crippen LogP contribution in [0.1, 0.15) is 37.8 Å². The monoisotopic (exact) mass is 382 g/mol. The fourth-order valence-corrected chi connectivity index (χ4v) is 3.09. The fraction of sp³-hybridized carbons (Fsp3) is 0.647. The lowest BCUT2D eigenvalue weighted by Crippen LogP contribution is -2.45. The second-order valence-electron chi connectivity index (χ2n) is 5.90. The van der Waals surface area contributed by atoms with Gasteiger partial charge < -0.3 is 14.8 Å². The molecule has 8 heteroatoms. The number of rotatable bonds is 7. The topological polar surface area (TPSA) is 33.7 Å². The van der Waals surface area contributed by atoms with E-state index in [1.54, 1.807) is 6.07 Å². The van der Waals surface area contributed by atoms with E-state index >= 15 is 0 Å². The number of halogens is 4. The number of piperazine rings is 1. The summed E-state index contributed by atoms with van der Waals surface area (Å²) >= 11 is 0. The van der Waals surface area contributed by atoms with Gasteiger partial charge in [0, 0.05) is 43.9 Å². The molecule has 1 heterocycles. The summed E-state index contributed by atoms with van der Waals surface area (Å²) in [6.45, 7) is 5.80. The number of alkyl halides is 3. The molecule has 1 N–H and O–H groups in total. The molecule has 0 spiro atoms. The zero-order valence-corrected chi connectivity index (χ0v) is 15.4. The van der Waals surface area contributed by atoms with Crippen LogP contribution >= 0.6 is 12.4 Å². The summed E-state index contributed by atoms with van der Waals surface area (Å²) in [4.78, 5) is 2.37. The normalized spacial score (nSPS) is 16.8. The van der Waals surface area contributed by atoms with Crippen LogP contribution in [-0.2, 0) is 0 Å². The molecule has 25 heavy (non-hydrogen) atoms. The van der Waals surface area contributed by atoms with Crippen LogP contribution in [0.25, 0.3) is 0 Å². The van der Waals surface area contributed by atoms with Crippen molar-refractivity contribution in [2.24, 2.45) is 0 Å². The first-order valence-electron chi connectivity index (χ1n) is 8.33. The first kappa shape index (κ1) is 21.9. The largest absolute Gasteiger partial charge is 0.573 e. The molecule has 2 rings (SSSR count). The smallest absolute Gasteiger partial charge is 0.496 e. The molecule has 0 amide bonds. The van der Waals surface area contributed by atoms with Crippen LogP contribution in [-0.4, -0.2) is 44.6 Å². The molecule has 0 saturated carbocycles. The van der Waals surface area contributed by atoms with Crippen molar-refractivity contribution in [2.45, 2.75) is 38.6 Å².